The summed E-state index contributed by atoms with van der Waals surface area (Å²) in [5.41, 5.74) is 2.81. The van der Waals surface area contributed by atoms with Crippen molar-refractivity contribution in [1.29, 1.82) is 0 Å². The maximum absolute atomic E-state index is 13.3. The van der Waals surface area contributed by atoms with Crippen molar-refractivity contribution in [2.45, 2.75) is 13.0 Å². The van der Waals surface area contributed by atoms with E-state index >= 15 is 0 Å². The van der Waals surface area contributed by atoms with Gasteiger partial charge < -0.3 is 19.1 Å². The third-order valence-electron chi connectivity index (χ3n) is 6.72. The first kappa shape index (κ1) is 24.2. The number of furan rings is 1. The van der Waals surface area contributed by atoms with E-state index in [9.17, 15) is 9.59 Å². The van der Waals surface area contributed by atoms with Crippen LogP contribution in [0.2, 0.25) is 0 Å². The Bertz CT molecular complexity index is 1300. The van der Waals surface area contributed by atoms with E-state index in [1.165, 1.54) is 6.26 Å². The largest absolute Gasteiger partial charge is 0.459 e. The van der Waals surface area contributed by atoms with Crippen LogP contribution in [-0.4, -0.2) is 64.5 Å². The summed E-state index contributed by atoms with van der Waals surface area (Å²) in [6, 6.07) is 26.6. The lowest BCUT2D eigenvalue weighted by molar-refractivity contribution is -0.132. The van der Waals surface area contributed by atoms with Crippen molar-refractivity contribution in [3.05, 3.63) is 103 Å². The number of anilines is 1. The molecular weight excluding hydrogens is 466 g/mol. The standard InChI is InChI=1S/C29H29N5O3/c1-22(23-9-4-2-5-10-23)34(29(36)26-13-8-20-37-26)21-28(35)33-18-16-32(17-19-33)27-15-14-25(30-31-27)24-11-6-3-7-12-24/h2-15,20,22H,16-19,21H2,1H3. The molecule has 5 rings (SSSR count). The van der Waals surface area contributed by atoms with E-state index in [2.05, 4.69) is 15.1 Å². The van der Waals surface area contributed by atoms with Gasteiger partial charge in [-0.2, -0.15) is 0 Å². The molecule has 3 heterocycles. The molecule has 8 nitrogen and oxygen atoms in total. The summed E-state index contributed by atoms with van der Waals surface area (Å²) in [7, 11) is 0. The van der Waals surface area contributed by atoms with Gasteiger partial charge in [-0.15, -0.1) is 10.2 Å². The zero-order valence-electron chi connectivity index (χ0n) is 20.7. The van der Waals surface area contributed by atoms with Crippen molar-refractivity contribution in [3.63, 3.8) is 0 Å². The van der Waals surface area contributed by atoms with E-state index in [1.807, 2.05) is 84.6 Å². The third kappa shape index (κ3) is 5.53. The molecule has 1 unspecified atom stereocenters. The Morgan fingerprint density at radius 1 is 0.865 bits per heavy atom. The van der Waals surface area contributed by atoms with Gasteiger partial charge in [-0.1, -0.05) is 60.7 Å². The number of nitrogens with zero attached hydrogens (tertiary/aromatic N) is 5. The van der Waals surface area contributed by atoms with Gasteiger partial charge in [-0.05, 0) is 36.8 Å². The Balaban J connectivity index is 1.23. The number of carbonyl (C=O) groups excluding carboxylic acids is 2. The van der Waals surface area contributed by atoms with Crippen LogP contribution in [0.4, 0.5) is 5.82 Å². The van der Waals surface area contributed by atoms with E-state index in [1.54, 1.807) is 17.0 Å². The molecule has 0 saturated carbocycles. The van der Waals surface area contributed by atoms with Crippen molar-refractivity contribution in [3.8, 4) is 11.3 Å². The molecule has 1 aliphatic rings. The van der Waals surface area contributed by atoms with Crippen molar-refractivity contribution in [2.24, 2.45) is 0 Å². The van der Waals surface area contributed by atoms with Gasteiger partial charge in [0, 0.05) is 31.7 Å². The highest BCUT2D eigenvalue weighted by molar-refractivity contribution is 5.94. The summed E-state index contributed by atoms with van der Waals surface area (Å²) in [5, 5.41) is 8.80. The lowest BCUT2D eigenvalue weighted by atomic mass is 10.1. The van der Waals surface area contributed by atoms with E-state index in [4.69, 9.17) is 4.42 Å². The minimum absolute atomic E-state index is 0.0266. The zero-order chi connectivity index (χ0) is 25.6. The summed E-state index contributed by atoms with van der Waals surface area (Å²) >= 11 is 0. The summed E-state index contributed by atoms with van der Waals surface area (Å²) in [4.78, 5) is 32.1. The maximum atomic E-state index is 13.3. The molecule has 188 valence electrons. The van der Waals surface area contributed by atoms with Crippen LogP contribution in [0.3, 0.4) is 0 Å². The summed E-state index contributed by atoms with van der Waals surface area (Å²) < 4.78 is 5.35. The van der Waals surface area contributed by atoms with Crippen LogP contribution >= 0.6 is 0 Å². The predicted molar refractivity (Wildman–Crippen MR) is 141 cm³/mol. The van der Waals surface area contributed by atoms with Crippen LogP contribution in [-0.2, 0) is 4.79 Å². The monoisotopic (exact) mass is 495 g/mol. The molecule has 1 atom stereocenters. The molecule has 2 amide bonds. The first-order chi connectivity index (χ1) is 18.1. The maximum Gasteiger partial charge on any atom is 0.290 e. The van der Waals surface area contributed by atoms with Gasteiger partial charge in [0.1, 0.15) is 6.54 Å². The molecular formula is C29H29N5O3. The second-order valence-corrected chi connectivity index (χ2v) is 9.01. The van der Waals surface area contributed by atoms with Crippen LogP contribution in [0.25, 0.3) is 11.3 Å². The topological polar surface area (TPSA) is 82.8 Å². The van der Waals surface area contributed by atoms with Crippen LogP contribution in [0.1, 0.15) is 29.1 Å². The lowest BCUT2D eigenvalue weighted by Gasteiger charge is -2.37. The second-order valence-electron chi connectivity index (χ2n) is 9.01. The molecule has 0 bridgehead atoms. The fourth-order valence-electron chi connectivity index (χ4n) is 4.53. The first-order valence-electron chi connectivity index (χ1n) is 12.4. The molecule has 2 aromatic carbocycles. The minimum Gasteiger partial charge on any atom is -0.459 e. The number of carbonyl (C=O) groups is 2. The molecule has 0 radical (unpaired) electrons. The molecule has 8 heteroatoms. The summed E-state index contributed by atoms with van der Waals surface area (Å²) in [5.74, 6) is 0.618. The number of piperazine rings is 1. The fraction of sp³-hybridized carbons (Fsp3) is 0.241. The molecule has 37 heavy (non-hydrogen) atoms. The molecule has 0 spiro atoms. The Hall–Kier alpha value is -4.46. The molecule has 1 fully saturated rings. The smallest absolute Gasteiger partial charge is 0.290 e. The number of aromatic nitrogens is 2. The van der Waals surface area contributed by atoms with E-state index in [0.29, 0.717) is 26.2 Å². The quantitative estimate of drug-likeness (QED) is 0.380. The van der Waals surface area contributed by atoms with Crippen molar-refractivity contribution < 1.29 is 14.0 Å². The average Bonchev–Trinajstić information content (AvgIpc) is 3.52. The van der Waals surface area contributed by atoms with Crippen LogP contribution in [0, 0.1) is 0 Å². The highest BCUT2D eigenvalue weighted by Crippen LogP contribution is 2.23. The van der Waals surface area contributed by atoms with Gasteiger partial charge >= 0.3 is 0 Å². The molecule has 0 N–H and O–H groups in total. The molecule has 0 aliphatic carbocycles. The number of rotatable bonds is 7. The Kier molecular flexibility index (Phi) is 7.26. The molecule has 1 saturated heterocycles. The highest BCUT2D eigenvalue weighted by Gasteiger charge is 2.30. The number of benzene rings is 2. The van der Waals surface area contributed by atoms with Gasteiger partial charge in [0.15, 0.2) is 11.6 Å². The van der Waals surface area contributed by atoms with E-state index < -0.39 is 0 Å². The summed E-state index contributed by atoms with van der Waals surface area (Å²) in [6.45, 7) is 4.28. The number of hydrogen-bond acceptors (Lipinski definition) is 6. The van der Waals surface area contributed by atoms with Gasteiger partial charge in [0.05, 0.1) is 18.0 Å². The number of hydrogen-bond donors (Lipinski definition) is 0. The van der Waals surface area contributed by atoms with Crippen LogP contribution in [0.15, 0.2) is 95.6 Å². The average molecular weight is 496 g/mol. The fourth-order valence-corrected chi connectivity index (χ4v) is 4.53. The number of amides is 2. The van der Waals surface area contributed by atoms with E-state index in [-0.39, 0.29) is 30.2 Å². The van der Waals surface area contributed by atoms with Crippen molar-refractivity contribution >= 4 is 17.6 Å². The molecule has 1 aliphatic heterocycles. The zero-order valence-corrected chi connectivity index (χ0v) is 20.7. The normalized spacial score (nSPS) is 14.3. The van der Waals surface area contributed by atoms with E-state index in [0.717, 1.165) is 22.6 Å². The molecule has 4 aromatic rings. The van der Waals surface area contributed by atoms with Crippen molar-refractivity contribution in [1.82, 2.24) is 20.0 Å². The SMILES string of the molecule is CC(c1ccccc1)N(CC(=O)N1CCN(c2ccc(-c3ccccc3)nn2)CC1)C(=O)c1ccco1. The van der Waals surface area contributed by atoms with Crippen LogP contribution < -0.4 is 4.90 Å². The molecule has 2 aromatic heterocycles. The first-order valence-corrected chi connectivity index (χ1v) is 12.4. The van der Waals surface area contributed by atoms with Gasteiger partial charge in [-0.25, -0.2) is 0 Å². The van der Waals surface area contributed by atoms with Gasteiger partial charge in [0.2, 0.25) is 5.91 Å². The highest BCUT2D eigenvalue weighted by atomic mass is 16.3. The predicted octanol–water partition coefficient (Wildman–Crippen LogP) is 4.29. The van der Waals surface area contributed by atoms with Crippen molar-refractivity contribution in [2.75, 3.05) is 37.6 Å². The Morgan fingerprint density at radius 3 is 2.19 bits per heavy atom. The minimum atomic E-state index is -0.304. The Morgan fingerprint density at radius 2 is 1.57 bits per heavy atom. The Labute approximate surface area is 216 Å². The van der Waals surface area contributed by atoms with Gasteiger partial charge in [-0.3, -0.25) is 9.59 Å². The third-order valence-corrected chi connectivity index (χ3v) is 6.72. The second kappa shape index (κ2) is 11.1. The summed E-state index contributed by atoms with van der Waals surface area (Å²) in [6.07, 6.45) is 1.47. The van der Waals surface area contributed by atoms with Crippen LogP contribution in [0.5, 0.6) is 0 Å². The lowest BCUT2D eigenvalue weighted by Crippen LogP contribution is -2.52. The van der Waals surface area contributed by atoms with Gasteiger partial charge in [0.25, 0.3) is 5.91 Å².